The van der Waals surface area contributed by atoms with Crippen LogP contribution in [0, 0.1) is 0 Å². The number of hydrogen-bond acceptors (Lipinski definition) is 12. The molecule has 14 nitrogen and oxygen atoms in total. The van der Waals surface area contributed by atoms with Crippen molar-refractivity contribution in [3.8, 4) is 23.0 Å². The first-order valence-corrected chi connectivity index (χ1v) is 23.5. The quantitative estimate of drug-likeness (QED) is 0.0634. The Balaban J connectivity index is 1.29. The zero-order chi connectivity index (χ0) is 47.9. The first kappa shape index (κ1) is 47.5. The minimum atomic E-state index is -4.17. The van der Waals surface area contributed by atoms with Crippen molar-refractivity contribution >= 4 is 10.1 Å². The van der Waals surface area contributed by atoms with Gasteiger partial charge in [-0.05, 0) is 81.9 Å². The van der Waals surface area contributed by atoms with Crippen LogP contribution < -0.4 is 30.2 Å². The zero-order valence-corrected chi connectivity index (χ0v) is 39.0. The van der Waals surface area contributed by atoms with Crippen LogP contribution in [0.25, 0.3) is 0 Å². The maximum absolute atomic E-state index is 14.1. The molecule has 1 aliphatic heterocycles. The van der Waals surface area contributed by atoms with Crippen LogP contribution in [-0.4, -0.2) is 78.1 Å². The Morgan fingerprint density at radius 1 is 0.574 bits per heavy atom. The second kappa shape index (κ2) is 20.1. The molecule has 0 unspecified atom stereocenters. The molecule has 0 bridgehead atoms. The molecule has 0 radical (unpaired) electrons. The number of aromatic amines is 1. The van der Waals surface area contributed by atoms with Crippen molar-refractivity contribution in [2.24, 2.45) is 0 Å². The van der Waals surface area contributed by atoms with Gasteiger partial charge < -0.3 is 33.2 Å². The summed E-state index contributed by atoms with van der Waals surface area (Å²) in [7, 11) is 2.15. The Morgan fingerprint density at radius 3 is 1.32 bits per heavy atom. The molecule has 8 rings (SSSR count). The molecule has 0 saturated carbocycles. The molecule has 2 heterocycles. The highest BCUT2D eigenvalue weighted by Gasteiger charge is 2.54. The van der Waals surface area contributed by atoms with E-state index in [2.05, 4.69) is 4.98 Å². The van der Waals surface area contributed by atoms with E-state index in [1.54, 1.807) is 28.4 Å². The molecule has 6 aromatic carbocycles. The smallest absolute Gasteiger partial charge is 0.330 e. The van der Waals surface area contributed by atoms with Gasteiger partial charge in [-0.1, -0.05) is 109 Å². The number of ether oxygens (including phenoxy) is 7. The van der Waals surface area contributed by atoms with Gasteiger partial charge in [0.15, 0.2) is 5.72 Å². The average molecular weight is 941 g/mol. The van der Waals surface area contributed by atoms with E-state index in [1.807, 2.05) is 158 Å². The summed E-state index contributed by atoms with van der Waals surface area (Å²) in [5, 5.41) is 0. The lowest BCUT2D eigenvalue weighted by atomic mass is 9.80. The number of hydrogen-bond donors (Lipinski definition) is 1. The molecule has 1 N–H and O–H groups in total. The molecule has 1 saturated heterocycles. The Kier molecular flexibility index (Phi) is 14.0. The number of aromatic nitrogens is 2. The van der Waals surface area contributed by atoms with Gasteiger partial charge in [0, 0.05) is 18.7 Å². The lowest BCUT2D eigenvalue weighted by Gasteiger charge is -2.40. The molecule has 0 amide bonds. The molecular weight excluding hydrogens is 889 g/mol. The monoisotopic (exact) mass is 940 g/mol. The average Bonchev–Trinajstić information content (AvgIpc) is 3.71. The van der Waals surface area contributed by atoms with Crippen LogP contribution in [0.1, 0.15) is 39.8 Å². The van der Waals surface area contributed by atoms with Crippen LogP contribution in [0.5, 0.6) is 23.0 Å². The maximum Gasteiger partial charge on any atom is 0.330 e. The molecule has 352 valence electrons. The van der Waals surface area contributed by atoms with Crippen LogP contribution in [0.4, 0.5) is 0 Å². The van der Waals surface area contributed by atoms with Gasteiger partial charge in [0.2, 0.25) is 0 Å². The van der Waals surface area contributed by atoms with E-state index in [1.165, 1.54) is 16.8 Å². The molecule has 0 spiro atoms. The second-order valence-corrected chi connectivity index (χ2v) is 17.8. The van der Waals surface area contributed by atoms with E-state index in [9.17, 15) is 18.0 Å². The van der Waals surface area contributed by atoms with Gasteiger partial charge in [-0.15, -0.1) is 0 Å². The van der Waals surface area contributed by atoms with Crippen molar-refractivity contribution < 1.29 is 45.8 Å². The van der Waals surface area contributed by atoms with Gasteiger partial charge in [-0.25, -0.2) is 4.79 Å². The molecule has 1 fully saturated rings. The summed E-state index contributed by atoms with van der Waals surface area (Å²) in [5.41, 5.74) is -1.80. The Labute approximate surface area is 394 Å². The number of methoxy groups -OCH3 is 4. The van der Waals surface area contributed by atoms with Crippen molar-refractivity contribution in [2.45, 2.75) is 35.6 Å². The zero-order valence-electron chi connectivity index (χ0n) is 38.2. The third-order valence-corrected chi connectivity index (χ3v) is 12.8. The van der Waals surface area contributed by atoms with Gasteiger partial charge in [-0.2, -0.15) is 8.42 Å². The van der Waals surface area contributed by atoms with Crippen LogP contribution in [0.3, 0.4) is 0 Å². The minimum Gasteiger partial charge on any atom is -0.497 e. The molecule has 7 aromatic rings. The van der Waals surface area contributed by atoms with Gasteiger partial charge >= 0.3 is 5.69 Å². The summed E-state index contributed by atoms with van der Waals surface area (Å²) >= 11 is 0. The lowest BCUT2D eigenvalue weighted by molar-refractivity contribution is -0.182. The Morgan fingerprint density at radius 2 is 0.956 bits per heavy atom. The highest BCUT2D eigenvalue weighted by molar-refractivity contribution is 7.86. The van der Waals surface area contributed by atoms with Crippen molar-refractivity contribution in [1.29, 1.82) is 0 Å². The van der Waals surface area contributed by atoms with Gasteiger partial charge in [0.25, 0.3) is 15.7 Å². The number of benzene rings is 6. The fourth-order valence-electron chi connectivity index (χ4n) is 8.95. The SMILES string of the molecule is COc1ccc(C(OC[C@H]2O[C@@](COC(c3ccccc3)(c3ccc(OC)cc3)c3ccc(OC)cc3)(n3ccc(=O)[nH]c3=O)C[C@H]2OS(C)(=O)=O)(c2ccccc2)c2ccc(OC)cc2)cc1. The van der Waals surface area contributed by atoms with E-state index in [-0.39, 0.29) is 13.0 Å². The topological polar surface area (TPSA) is 163 Å². The summed E-state index contributed by atoms with van der Waals surface area (Å²) < 4.78 is 77.5. The largest absolute Gasteiger partial charge is 0.497 e. The first-order valence-electron chi connectivity index (χ1n) is 21.7. The van der Waals surface area contributed by atoms with Crippen molar-refractivity contribution in [1.82, 2.24) is 9.55 Å². The lowest BCUT2D eigenvalue weighted by Crippen LogP contribution is -2.49. The van der Waals surface area contributed by atoms with Gasteiger partial charge in [-0.3, -0.25) is 18.5 Å². The highest BCUT2D eigenvalue weighted by Crippen LogP contribution is 2.47. The summed E-state index contributed by atoms with van der Waals surface area (Å²) in [6.45, 7) is -0.680. The number of rotatable bonds is 19. The van der Waals surface area contributed by atoms with Crippen molar-refractivity contribution in [2.75, 3.05) is 47.9 Å². The Bertz CT molecular complexity index is 2910. The standard InChI is InChI=1S/C53H52N2O12S/c1-60-43-24-16-39(17-25-43)52(37-12-8-6-9-13-37,40-18-26-44(61-2)27-19-40)64-35-48-47(67-68(5,58)59)34-51(66-48,55-33-32-49(56)54-50(55)57)36-65-53(38-14-10-7-11-15-38,41-20-28-45(62-3)29-21-41)42-22-30-46(63-4)31-23-42/h6-33,47-48H,34-36H2,1-5H3,(H,54,56,57)/t47-,48-,51+/m1/s1. The normalized spacial score (nSPS) is 17.4. The van der Waals surface area contributed by atoms with Crippen LogP contribution in [-0.2, 0) is 45.4 Å². The minimum absolute atomic E-state index is 0.250. The molecule has 15 heteroatoms. The molecule has 68 heavy (non-hydrogen) atoms. The van der Waals surface area contributed by atoms with Crippen LogP contribution >= 0.6 is 0 Å². The van der Waals surface area contributed by atoms with Crippen LogP contribution in [0.15, 0.2) is 180 Å². The third-order valence-electron chi connectivity index (χ3n) is 12.2. The maximum atomic E-state index is 14.1. The van der Waals surface area contributed by atoms with Gasteiger partial charge in [0.05, 0.1) is 47.9 Å². The number of H-pyrrole nitrogens is 1. The predicted octanol–water partition coefficient (Wildman–Crippen LogP) is 7.37. The van der Waals surface area contributed by atoms with E-state index in [4.69, 9.17) is 37.3 Å². The highest BCUT2D eigenvalue weighted by atomic mass is 32.2. The predicted molar refractivity (Wildman–Crippen MR) is 255 cm³/mol. The van der Waals surface area contributed by atoms with Crippen molar-refractivity contribution in [3.05, 3.63) is 224 Å². The van der Waals surface area contributed by atoms with E-state index in [0.717, 1.165) is 11.8 Å². The van der Waals surface area contributed by atoms with Gasteiger partial charge in [0.1, 0.15) is 46.4 Å². The summed E-state index contributed by atoms with van der Waals surface area (Å²) in [4.78, 5) is 29.1. The summed E-state index contributed by atoms with van der Waals surface area (Å²) in [5.74, 6) is 2.47. The van der Waals surface area contributed by atoms with E-state index < -0.39 is 57.1 Å². The van der Waals surface area contributed by atoms with Crippen LogP contribution in [0.2, 0.25) is 0 Å². The first-order chi connectivity index (χ1) is 32.9. The summed E-state index contributed by atoms with van der Waals surface area (Å²) in [6.07, 6.45) is -0.427. The molecule has 1 aromatic heterocycles. The number of nitrogens with zero attached hydrogens (tertiary/aromatic N) is 1. The molecular formula is C53H52N2O12S. The fourth-order valence-corrected chi connectivity index (χ4v) is 9.59. The Hall–Kier alpha value is -7.01. The molecule has 3 atom stereocenters. The molecule has 0 aliphatic carbocycles. The second-order valence-electron chi connectivity index (χ2n) is 16.2. The summed E-state index contributed by atoms with van der Waals surface area (Å²) in [6, 6.07) is 50.0. The van der Waals surface area contributed by atoms with E-state index in [0.29, 0.717) is 50.8 Å². The third kappa shape index (κ3) is 9.57. The fraction of sp³-hybridized carbons (Fsp3) is 0.245. The molecule has 1 aliphatic rings. The number of nitrogens with one attached hydrogen (secondary N) is 1. The van der Waals surface area contributed by atoms with Crippen molar-refractivity contribution in [3.63, 3.8) is 0 Å². The van der Waals surface area contributed by atoms with E-state index >= 15 is 0 Å².